The van der Waals surface area contributed by atoms with Crippen LogP contribution >= 0.6 is 0 Å². The van der Waals surface area contributed by atoms with Gasteiger partial charge < -0.3 is 20.1 Å². The monoisotopic (exact) mass is 431 g/mol. The third kappa shape index (κ3) is 4.23. The van der Waals surface area contributed by atoms with Crippen LogP contribution in [0.2, 0.25) is 0 Å². The summed E-state index contributed by atoms with van der Waals surface area (Å²) in [5.74, 6) is 0.639. The molecule has 164 valence electrons. The van der Waals surface area contributed by atoms with E-state index in [4.69, 9.17) is 9.47 Å². The second-order valence-corrected chi connectivity index (χ2v) is 7.26. The first-order valence-electron chi connectivity index (χ1n) is 10.4. The second-order valence-electron chi connectivity index (χ2n) is 7.26. The summed E-state index contributed by atoms with van der Waals surface area (Å²) in [4.78, 5) is 26.9. The molecule has 32 heavy (non-hydrogen) atoms. The quantitative estimate of drug-likeness (QED) is 0.592. The molecule has 0 fully saturated rings. The van der Waals surface area contributed by atoms with Gasteiger partial charge in [-0.2, -0.15) is 0 Å². The lowest BCUT2D eigenvalue weighted by atomic mass is 10.0. The molecule has 2 amide bonds. The van der Waals surface area contributed by atoms with E-state index < -0.39 is 6.17 Å². The average Bonchev–Trinajstić information content (AvgIpc) is 2.83. The molecule has 1 aliphatic rings. The van der Waals surface area contributed by atoms with Gasteiger partial charge in [0.05, 0.1) is 12.7 Å². The maximum absolute atomic E-state index is 13.4. The minimum absolute atomic E-state index is 0.0916. The number of nitrogens with zero attached hydrogens (tertiary/aromatic N) is 1. The van der Waals surface area contributed by atoms with Crippen molar-refractivity contribution in [2.24, 2.45) is 0 Å². The van der Waals surface area contributed by atoms with Gasteiger partial charge in [-0.25, -0.2) is 0 Å². The Labute approximate surface area is 187 Å². The highest BCUT2D eigenvalue weighted by molar-refractivity contribution is 6.12. The van der Waals surface area contributed by atoms with Crippen LogP contribution in [0.5, 0.6) is 11.5 Å². The first-order chi connectivity index (χ1) is 15.6. The van der Waals surface area contributed by atoms with Crippen LogP contribution in [0, 0.1) is 0 Å². The van der Waals surface area contributed by atoms with Crippen LogP contribution in [-0.2, 0) is 4.79 Å². The Bertz CT molecular complexity index is 1120. The van der Waals surface area contributed by atoms with E-state index in [0.29, 0.717) is 23.6 Å². The van der Waals surface area contributed by atoms with Gasteiger partial charge >= 0.3 is 0 Å². The Morgan fingerprint density at radius 1 is 1.03 bits per heavy atom. The predicted molar refractivity (Wildman–Crippen MR) is 123 cm³/mol. The summed E-state index contributed by atoms with van der Waals surface area (Å²) in [5.41, 5.74) is 2.98. The number of hydrogen-bond acceptors (Lipinski definition) is 5. The van der Waals surface area contributed by atoms with E-state index in [2.05, 4.69) is 10.6 Å². The van der Waals surface area contributed by atoms with E-state index in [1.165, 1.54) is 0 Å². The van der Waals surface area contributed by atoms with Crippen molar-refractivity contribution >= 4 is 23.2 Å². The number of amides is 2. The molecule has 0 aromatic heterocycles. The van der Waals surface area contributed by atoms with E-state index in [1.807, 2.05) is 73.7 Å². The number of methoxy groups -OCH3 is 1. The van der Waals surface area contributed by atoms with Gasteiger partial charge in [0.15, 0.2) is 18.1 Å². The van der Waals surface area contributed by atoms with Gasteiger partial charge in [-0.15, -0.1) is 0 Å². The lowest BCUT2D eigenvalue weighted by Gasteiger charge is -2.38. The normalized spacial score (nSPS) is 14.9. The molecule has 1 aliphatic heterocycles. The van der Waals surface area contributed by atoms with Crippen molar-refractivity contribution < 1.29 is 19.1 Å². The first kappa shape index (κ1) is 21.2. The summed E-state index contributed by atoms with van der Waals surface area (Å²) in [6, 6.07) is 22.4. The summed E-state index contributed by atoms with van der Waals surface area (Å²) < 4.78 is 11.2. The molecule has 7 nitrogen and oxygen atoms in total. The minimum atomic E-state index is -0.453. The van der Waals surface area contributed by atoms with Crippen molar-refractivity contribution in [3.8, 4) is 11.5 Å². The summed E-state index contributed by atoms with van der Waals surface area (Å²) >= 11 is 0. The molecule has 3 aromatic rings. The third-order valence-corrected chi connectivity index (χ3v) is 5.20. The summed E-state index contributed by atoms with van der Waals surface area (Å²) in [6.45, 7) is 2.28. The van der Waals surface area contributed by atoms with Crippen molar-refractivity contribution in [1.29, 1.82) is 0 Å². The molecule has 0 bridgehead atoms. The number of ether oxygens (including phenoxy) is 2. The maximum atomic E-state index is 13.4. The van der Waals surface area contributed by atoms with Crippen molar-refractivity contribution in [2.45, 2.75) is 13.1 Å². The highest BCUT2D eigenvalue weighted by Gasteiger charge is 2.34. The van der Waals surface area contributed by atoms with E-state index in [1.54, 1.807) is 18.1 Å². The first-order valence-corrected chi connectivity index (χ1v) is 10.4. The van der Waals surface area contributed by atoms with Gasteiger partial charge in [-0.05, 0) is 48.9 Å². The number of anilines is 2. The van der Waals surface area contributed by atoms with Crippen LogP contribution < -0.4 is 25.0 Å². The number of fused-ring (bicyclic) bond motifs is 1. The number of likely N-dealkylation sites (N-methyl/N-ethyl adjacent to an activating group) is 1. The van der Waals surface area contributed by atoms with E-state index in [9.17, 15) is 9.59 Å². The minimum Gasteiger partial charge on any atom is -0.493 e. The van der Waals surface area contributed by atoms with Crippen molar-refractivity contribution in [3.63, 3.8) is 0 Å². The van der Waals surface area contributed by atoms with Crippen LogP contribution in [0.3, 0.4) is 0 Å². The molecule has 7 heteroatoms. The van der Waals surface area contributed by atoms with Gasteiger partial charge in [-0.3, -0.25) is 14.5 Å². The Morgan fingerprint density at radius 3 is 2.53 bits per heavy atom. The topological polar surface area (TPSA) is 79.9 Å². The highest BCUT2D eigenvalue weighted by Crippen LogP contribution is 2.39. The number of hydrogen-bond donors (Lipinski definition) is 2. The van der Waals surface area contributed by atoms with Gasteiger partial charge in [0, 0.05) is 17.9 Å². The molecular formula is C25H25N3O4. The number of benzene rings is 3. The lowest BCUT2D eigenvalue weighted by molar-refractivity contribution is -0.123. The Morgan fingerprint density at radius 2 is 1.78 bits per heavy atom. The zero-order valence-electron chi connectivity index (χ0n) is 18.0. The van der Waals surface area contributed by atoms with Gasteiger partial charge in [0.25, 0.3) is 11.8 Å². The predicted octanol–water partition coefficient (Wildman–Crippen LogP) is 3.98. The fourth-order valence-corrected chi connectivity index (χ4v) is 3.71. The van der Waals surface area contributed by atoms with E-state index >= 15 is 0 Å². The molecule has 1 unspecified atom stereocenters. The van der Waals surface area contributed by atoms with Gasteiger partial charge in [0.2, 0.25) is 0 Å². The van der Waals surface area contributed by atoms with Crippen molar-refractivity contribution in [1.82, 2.24) is 5.32 Å². The molecule has 3 aromatic carbocycles. The molecule has 1 atom stereocenters. The Balaban J connectivity index is 1.70. The summed E-state index contributed by atoms with van der Waals surface area (Å²) in [5, 5.41) is 6.17. The summed E-state index contributed by atoms with van der Waals surface area (Å²) in [6.07, 6.45) is -0.453. The summed E-state index contributed by atoms with van der Waals surface area (Å²) in [7, 11) is 1.54. The zero-order chi connectivity index (χ0) is 22.5. The molecule has 1 heterocycles. The zero-order valence-corrected chi connectivity index (χ0v) is 18.0. The molecule has 2 N–H and O–H groups in total. The number of rotatable bonds is 7. The third-order valence-electron chi connectivity index (χ3n) is 5.20. The maximum Gasteiger partial charge on any atom is 0.262 e. The molecular weight excluding hydrogens is 406 g/mol. The smallest absolute Gasteiger partial charge is 0.262 e. The fourth-order valence-electron chi connectivity index (χ4n) is 3.71. The van der Waals surface area contributed by atoms with Crippen LogP contribution in [0.1, 0.15) is 29.0 Å². The molecule has 4 rings (SSSR count). The van der Waals surface area contributed by atoms with Crippen LogP contribution in [0.4, 0.5) is 11.4 Å². The second kappa shape index (κ2) is 9.43. The lowest BCUT2D eigenvalue weighted by Crippen LogP contribution is -2.43. The number of carbonyl (C=O) groups excluding carboxylic acids is 2. The largest absolute Gasteiger partial charge is 0.493 e. The van der Waals surface area contributed by atoms with Gasteiger partial charge in [0.1, 0.15) is 6.17 Å². The van der Waals surface area contributed by atoms with E-state index in [-0.39, 0.29) is 18.4 Å². The van der Waals surface area contributed by atoms with E-state index in [0.717, 1.165) is 16.9 Å². The number of para-hydroxylation sites is 2. The van der Waals surface area contributed by atoms with Crippen LogP contribution in [-0.4, -0.2) is 32.1 Å². The standard InChI is InChI=1S/C25H25N3O4/c1-3-26-23(29)16-32-21-14-13-17(15-22(21)31-2)24-27-20-12-8-7-11-19(20)25(30)28(24)18-9-5-4-6-10-18/h4-15,24,27H,3,16H2,1-2H3,(H,26,29). The van der Waals surface area contributed by atoms with Crippen molar-refractivity contribution in [2.75, 3.05) is 30.5 Å². The van der Waals surface area contributed by atoms with Crippen LogP contribution in [0.15, 0.2) is 72.8 Å². The molecule has 0 saturated carbocycles. The fraction of sp³-hybridized carbons (Fsp3) is 0.200. The Kier molecular flexibility index (Phi) is 6.26. The molecule has 0 spiro atoms. The molecule has 0 saturated heterocycles. The van der Waals surface area contributed by atoms with Crippen molar-refractivity contribution in [3.05, 3.63) is 83.9 Å². The Hall–Kier alpha value is -4.00. The molecule has 0 radical (unpaired) electrons. The van der Waals surface area contributed by atoms with Gasteiger partial charge in [-0.1, -0.05) is 36.4 Å². The SMILES string of the molecule is CCNC(=O)COc1ccc(C2Nc3ccccc3C(=O)N2c2ccccc2)cc1OC. The average molecular weight is 431 g/mol. The number of nitrogens with one attached hydrogen (secondary N) is 2. The number of carbonyl (C=O) groups is 2. The van der Waals surface area contributed by atoms with Crippen LogP contribution in [0.25, 0.3) is 0 Å². The molecule has 0 aliphatic carbocycles. The highest BCUT2D eigenvalue weighted by atomic mass is 16.5.